The average molecular weight is 261 g/mol. The standard InChI is InChI=1S/C16H27N3/c1-4-6-12-19(14-9-10-14)16-15(8-7-11-18-16)13(3)17-5-2/h7-8,11,13-14,17H,4-6,9-10,12H2,1-3H3. The molecule has 0 radical (unpaired) electrons. The Balaban J connectivity index is 2.20. The van der Waals surface area contributed by atoms with Crippen LogP contribution in [0, 0.1) is 0 Å². The van der Waals surface area contributed by atoms with Gasteiger partial charge < -0.3 is 10.2 Å². The van der Waals surface area contributed by atoms with Crippen molar-refractivity contribution >= 4 is 5.82 Å². The third-order valence-electron chi connectivity index (χ3n) is 3.81. The predicted octanol–water partition coefficient (Wildman–Crippen LogP) is 3.52. The van der Waals surface area contributed by atoms with Gasteiger partial charge in [-0.25, -0.2) is 4.98 Å². The second kappa shape index (κ2) is 6.90. The van der Waals surface area contributed by atoms with Gasteiger partial charge in [0.1, 0.15) is 5.82 Å². The van der Waals surface area contributed by atoms with Gasteiger partial charge in [0.2, 0.25) is 0 Å². The number of rotatable bonds is 8. The molecular weight excluding hydrogens is 234 g/mol. The fourth-order valence-electron chi connectivity index (χ4n) is 2.58. The first kappa shape index (κ1) is 14.3. The minimum Gasteiger partial charge on any atom is -0.353 e. The Morgan fingerprint density at radius 1 is 1.42 bits per heavy atom. The van der Waals surface area contributed by atoms with E-state index in [2.05, 4.69) is 48.1 Å². The molecule has 0 aromatic carbocycles. The van der Waals surface area contributed by atoms with Gasteiger partial charge in [-0.05, 0) is 38.8 Å². The first-order valence-electron chi connectivity index (χ1n) is 7.72. The quantitative estimate of drug-likeness (QED) is 0.776. The summed E-state index contributed by atoms with van der Waals surface area (Å²) in [6, 6.07) is 5.37. The predicted molar refractivity (Wildman–Crippen MR) is 81.6 cm³/mol. The van der Waals surface area contributed by atoms with Crippen molar-refractivity contribution in [2.24, 2.45) is 0 Å². The van der Waals surface area contributed by atoms with Crippen LogP contribution in [-0.4, -0.2) is 24.1 Å². The largest absolute Gasteiger partial charge is 0.353 e. The molecule has 19 heavy (non-hydrogen) atoms. The van der Waals surface area contributed by atoms with Gasteiger partial charge in [-0.15, -0.1) is 0 Å². The molecule has 1 aromatic rings. The molecule has 1 aliphatic rings. The van der Waals surface area contributed by atoms with E-state index in [1.807, 2.05) is 6.20 Å². The number of pyridine rings is 1. The van der Waals surface area contributed by atoms with Gasteiger partial charge in [0.05, 0.1) is 0 Å². The summed E-state index contributed by atoms with van der Waals surface area (Å²) in [5.74, 6) is 1.20. The Hall–Kier alpha value is -1.09. The van der Waals surface area contributed by atoms with Crippen LogP contribution in [0.3, 0.4) is 0 Å². The van der Waals surface area contributed by atoms with Crippen LogP contribution in [-0.2, 0) is 0 Å². The van der Waals surface area contributed by atoms with Crippen molar-refractivity contribution in [3.05, 3.63) is 23.9 Å². The van der Waals surface area contributed by atoms with Crippen molar-refractivity contribution < 1.29 is 0 Å². The van der Waals surface area contributed by atoms with E-state index in [0.29, 0.717) is 6.04 Å². The zero-order chi connectivity index (χ0) is 13.7. The molecule has 1 atom stereocenters. The van der Waals surface area contributed by atoms with Crippen molar-refractivity contribution in [2.75, 3.05) is 18.0 Å². The maximum atomic E-state index is 4.68. The molecule has 1 N–H and O–H groups in total. The normalized spacial score (nSPS) is 16.4. The lowest BCUT2D eigenvalue weighted by Gasteiger charge is -2.27. The van der Waals surface area contributed by atoms with Gasteiger partial charge in [0.25, 0.3) is 0 Å². The minimum atomic E-state index is 0.372. The average Bonchev–Trinajstić information content (AvgIpc) is 3.25. The van der Waals surface area contributed by atoms with Crippen LogP contribution in [0.1, 0.15) is 58.1 Å². The first-order valence-corrected chi connectivity index (χ1v) is 7.72. The van der Waals surface area contributed by atoms with Crippen LogP contribution < -0.4 is 10.2 Å². The molecular formula is C16H27N3. The van der Waals surface area contributed by atoms with Gasteiger partial charge in [0, 0.05) is 30.4 Å². The van der Waals surface area contributed by atoms with E-state index >= 15 is 0 Å². The summed E-state index contributed by atoms with van der Waals surface area (Å²) in [6.45, 7) is 8.78. The number of nitrogens with zero attached hydrogens (tertiary/aromatic N) is 2. The molecule has 1 fully saturated rings. The summed E-state index contributed by atoms with van der Waals surface area (Å²) in [5, 5.41) is 3.51. The molecule has 1 aromatic heterocycles. The minimum absolute atomic E-state index is 0.372. The molecule has 3 nitrogen and oxygen atoms in total. The Bertz CT molecular complexity index is 387. The SMILES string of the molecule is CCCCN(c1ncccc1C(C)NCC)C1CC1. The van der Waals surface area contributed by atoms with Crippen LogP contribution in [0.2, 0.25) is 0 Å². The van der Waals surface area contributed by atoms with Crippen molar-refractivity contribution in [2.45, 2.75) is 58.5 Å². The second-order valence-electron chi connectivity index (χ2n) is 5.47. The molecule has 2 rings (SSSR count). The summed E-state index contributed by atoms with van der Waals surface area (Å²) >= 11 is 0. The molecule has 106 valence electrons. The van der Waals surface area contributed by atoms with E-state index in [9.17, 15) is 0 Å². The monoisotopic (exact) mass is 261 g/mol. The lowest BCUT2D eigenvalue weighted by Crippen LogP contribution is -2.30. The Morgan fingerprint density at radius 3 is 2.84 bits per heavy atom. The van der Waals surface area contributed by atoms with Crippen molar-refractivity contribution in [1.29, 1.82) is 0 Å². The molecule has 1 saturated carbocycles. The van der Waals surface area contributed by atoms with Crippen LogP contribution >= 0.6 is 0 Å². The highest BCUT2D eigenvalue weighted by Crippen LogP contribution is 2.34. The number of aromatic nitrogens is 1. The number of nitrogens with one attached hydrogen (secondary N) is 1. The Kier molecular flexibility index (Phi) is 5.20. The third kappa shape index (κ3) is 3.69. The summed E-state index contributed by atoms with van der Waals surface area (Å²) in [4.78, 5) is 7.22. The van der Waals surface area contributed by atoms with E-state index in [4.69, 9.17) is 0 Å². The number of anilines is 1. The Labute approximate surface area is 117 Å². The summed E-state index contributed by atoms with van der Waals surface area (Å²) in [7, 11) is 0. The van der Waals surface area contributed by atoms with E-state index in [1.165, 1.54) is 37.1 Å². The summed E-state index contributed by atoms with van der Waals surface area (Å²) in [6.07, 6.45) is 7.08. The van der Waals surface area contributed by atoms with Crippen LogP contribution in [0.5, 0.6) is 0 Å². The zero-order valence-corrected chi connectivity index (χ0v) is 12.5. The van der Waals surface area contributed by atoms with Gasteiger partial charge in [-0.2, -0.15) is 0 Å². The highest BCUT2D eigenvalue weighted by molar-refractivity contribution is 5.50. The molecule has 0 aliphatic heterocycles. The second-order valence-corrected chi connectivity index (χ2v) is 5.47. The van der Waals surface area contributed by atoms with Crippen LogP contribution in [0.25, 0.3) is 0 Å². The van der Waals surface area contributed by atoms with E-state index in [0.717, 1.165) is 19.1 Å². The van der Waals surface area contributed by atoms with Gasteiger partial charge in [-0.1, -0.05) is 26.3 Å². The van der Waals surface area contributed by atoms with Gasteiger partial charge in [0.15, 0.2) is 0 Å². The molecule has 0 amide bonds. The maximum Gasteiger partial charge on any atom is 0.133 e. The van der Waals surface area contributed by atoms with E-state index in [1.54, 1.807) is 0 Å². The highest BCUT2D eigenvalue weighted by atomic mass is 15.2. The first-order chi connectivity index (χ1) is 9.27. The van der Waals surface area contributed by atoms with E-state index < -0.39 is 0 Å². The summed E-state index contributed by atoms with van der Waals surface area (Å²) < 4.78 is 0. The topological polar surface area (TPSA) is 28.2 Å². The van der Waals surface area contributed by atoms with E-state index in [-0.39, 0.29) is 0 Å². The maximum absolute atomic E-state index is 4.68. The lowest BCUT2D eigenvalue weighted by atomic mass is 10.1. The molecule has 3 heteroatoms. The number of hydrogen-bond acceptors (Lipinski definition) is 3. The molecule has 0 bridgehead atoms. The van der Waals surface area contributed by atoms with Crippen molar-refractivity contribution in [1.82, 2.24) is 10.3 Å². The smallest absolute Gasteiger partial charge is 0.133 e. The van der Waals surface area contributed by atoms with Crippen molar-refractivity contribution in [3.8, 4) is 0 Å². The molecule has 0 spiro atoms. The van der Waals surface area contributed by atoms with Crippen molar-refractivity contribution in [3.63, 3.8) is 0 Å². The molecule has 0 saturated heterocycles. The fourth-order valence-corrected chi connectivity index (χ4v) is 2.58. The Morgan fingerprint density at radius 2 is 2.21 bits per heavy atom. The van der Waals surface area contributed by atoms with Gasteiger partial charge >= 0.3 is 0 Å². The highest BCUT2D eigenvalue weighted by Gasteiger charge is 2.31. The fraction of sp³-hybridized carbons (Fsp3) is 0.688. The molecule has 1 unspecified atom stereocenters. The summed E-state index contributed by atoms with van der Waals surface area (Å²) in [5.41, 5.74) is 1.34. The van der Waals surface area contributed by atoms with Gasteiger partial charge in [-0.3, -0.25) is 0 Å². The third-order valence-corrected chi connectivity index (χ3v) is 3.81. The van der Waals surface area contributed by atoms with Crippen LogP contribution in [0.15, 0.2) is 18.3 Å². The molecule has 1 aliphatic carbocycles. The van der Waals surface area contributed by atoms with Crippen LogP contribution in [0.4, 0.5) is 5.82 Å². The zero-order valence-electron chi connectivity index (χ0n) is 12.5. The molecule has 1 heterocycles. The number of unbranched alkanes of at least 4 members (excludes halogenated alkanes) is 1. The lowest BCUT2D eigenvalue weighted by molar-refractivity contribution is 0.590. The number of hydrogen-bond donors (Lipinski definition) is 1.